The molecule has 5 heteroatoms. The number of ether oxygens (including phenoxy) is 1. The zero-order chi connectivity index (χ0) is 18.8. The molecule has 0 saturated carbocycles. The zero-order valence-corrected chi connectivity index (χ0v) is 14.5. The quantitative estimate of drug-likeness (QED) is 0.714. The summed E-state index contributed by atoms with van der Waals surface area (Å²) in [5, 5.41) is 12.0. The van der Waals surface area contributed by atoms with Crippen LogP contribution in [0.1, 0.15) is 22.6 Å². The Kier molecular flexibility index (Phi) is 4.50. The number of rotatable bonds is 4. The predicted octanol–water partition coefficient (Wildman–Crippen LogP) is 4.57. The van der Waals surface area contributed by atoms with E-state index in [1.54, 1.807) is 0 Å². The summed E-state index contributed by atoms with van der Waals surface area (Å²) < 4.78 is 18.7. The average molecular weight is 363 g/mol. The summed E-state index contributed by atoms with van der Waals surface area (Å²) in [6.45, 7) is 0.288. The Morgan fingerprint density at radius 2 is 1.63 bits per heavy atom. The summed E-state index contributed by atoms with van der Waals surface area (Å²) in [5.74, 6) is -0.750. The van der Waals surface area contributed by atoms with Crippen molar-refractivity contribution in [3.05, 3.63) is 89.2 Å². The van der Waals surface area contributed by atoms with Crippen molar-refractivity contribution < 1.29 is 19.0 Å². The van der Waals surface area contributed by atoms with Gasteiger partial charge in [0.2, 0.25) is 0 Å². The Hall–Kier alpha value is -3.34. The Bertz CT molecular complexity index is 937. The second-order valence-corrected chi connectivity index (χ2v) is 6.50. The molecule has 0 aromatic heterocycles. The number of hydrogen-bond acceptors (Lipinski definition) is 3. The fraction of sp³-hybridized carbons (Fsp3) is 0.136. The number of carbonyl (C=O) groups excluding carboxylic acids is 1. The zero-order valence-electron chi connectivity index (χ0n) is 14.5. The maximum atomic E-state index is 13.3. The van der Waals surface area contributed by atoms with E-state index in [2.05, 4.69) is 29.6 Å². The van der Waals surface area contributed by atoms with Crippen molar-refractivity contribution in [2.24, 2.45) is 0 Å². The smallest absolute Gasteiger partial charge is 0.407 e. The van der Waals surface area contributed by atoms with E-state index in [1.807, 2.05) is 24.3 Å². The van der Waals surface area contributed by atoms with E-state index in [0.29, 0.717) is 5.56 Å². The lowest BCUT2D eigenvalue weighted by Crippen LogP contribution is -2.25. The van der Waals surface area contributed by atoms with Crippen molar-refractivity contribution in [2.45, 2.75) is 12.5 Å². The number of alkyl carbamates (subject to hydrolysis) is 1. The first-order valence-electron chi connectivity index (χ1n) is 8.69. The lowest BCUT2D eigenvalue weighted by Gasteiger charge is -2.14. The van der Waals surface area contributed by atoms with E-state index in [1.165, 1.54) is 12.1 Å². The minimum Gasteiger partial charge on any atom is -0.508 e. The van der Waals surface area contributed by atoms with Crippen LogP contribution in [-0.4, -0.2) is 17.8 Å². The van der Waals surface area contributed by atoms with Gasteiger partial charge in [-0.1, -0.05) is 48.5 Å². The fourth-order valence-corrected chi connectivity index (χ4v) is 3.56. The van der Waals surface area contributed by atoms with E-state index in [-0.39, 0.29) is 24.8 Å². The summed E-state index contributed by atoms with van der Waals surface area (Å²) in [5.41, 5.74) is 5.07. The minimum atomic E-state index is -0.583. The van der Waals surface area contributed by atoms with E-state index in [0.717, 1.165) is 28.3 Å². The number of amides is 1. The maximum absolute atomic E-state index is 13.3. The van der Waals surface area contributed by atoms with Crippen LogP contribution in [0.25, 0.3) is 11.1 Å². The first-order chi connectivity index (χ1) is 13.1. The second kappa shape index (κ2) is 7.11. The van der Waals surface area contributed by atoms with Crippen LogP contribution < -0.4 is 5.32 Å². The Morgan fingerprint density at radius 3 is 2.26 bits per heavy atom. The predicted molar refractivity (Wildman–Crippen MR) is 100.0 cm³/mol. The number of halogens is 1. The van der Waals surface area contributed by atoms with Crippen LogP contribution in [0.3, 0.4) is 0 Å². The maximum Gasteiger partial charge on any atom is 0.407 e. The number of benzene rings is 3. The number of carbonyl (C=O) groups is 1. The molecule has 3 aromatic rings. The van der Waals surface area contributed by atoms with Crippen molar-refractivity contribution in [3.8, 4) is 16.9 Å². The van der Waals surface area contributed by atoms with Crippen LogP contribution in [0, 0.1) is 5.82 Å². The van der Waals surface area contributed by atoms with Gasteiger partial charge in [-0.15, -0.1) is 0 Å². The monoisotopic (exact) mass is 363 g/mol. The molecular weight excluding hydrogens is 345 g/mol. The molecule has 136 valence electrons. The first kappa shape index (κ1) is 17.1. The highest BCUT2D eigenvalue weighted by atomic mass is 19.1. The molecule has 0 atom stereocenters. The van der Waals surface area contributed by atoms with Crippen molar-refractivity contribution in [3.63, 3.8) is 0 Å². The third-order valence-electron chi connectivity index (χ3n) is 4.72. The fourth-order valence-electron chi connectivity index (χ4n) is 3.56. The van der Waals surface area contributed by atoms with Crippen LogP contribution >= 0.6 is 0 Å². The number of nitrogens with one attached hydrogen (secondary N) is 1. The molecule has 0 saturated heterocycles. The lowest BCUT2D eigenvalue weighted by atomic mass is 9.98. The molecule has 1 aliphatic rings. The number of phenols is 1. The Balaban J connectivity index is 1.42. The van der Waals surface area contributed by atoms with Crippen molar-refractivity contribution in [1.29, 1.82) is 0 Å². The number of fused-ring (bicyclic) bond motifs is 3. The number of phenolic OH excluding ortho intramolecular Hbond substituents is 1. The van der Waals surface area contributed by atoms with Gasteiger partial charge in [0.05, 0.1) is 0 Å². The van der Waals surface area contributed by atoms with Gasteiger partial charge in [-0.05, 0) is 39.9 Å². The normalized spacial score (nSPS) is 12.3. The molecule has 1 aliphatic carbocycles. The van der Waals surface area contributed by atoms with Crippen molar-refractivity contribution in [1.82, 2.24) is 5.32 Å². The average Bonchev–Trinajstić information content (AvgIpc) is 2.98. The van der Waals surface area contributed by atoms with Gasteiger partial charge >= 0.3 is 6.09 Å². The van der Waals surface area contributed by atoms with Gasteiger partial charge in [-0.2, -0.15) is 0 Å². The van der Waals surface area contributed by atoms with Crippen LogP contribution in [0.4, 0.5) is 9.18 Å². The third-order valence-corrected chi connectivity index (χ3v) is 4.72. The van der Waals surface area contributed by atoms with Crippen LogP contribution in [0.2, 0.25) is 0 Å². The second-order valence-electron chi connectivity index (χ2n) is 6.50. The van der Waals surface area contributed by atoms with E-state index >= 15 is 0 Å². The van der Waals surface area contributed by atoms with Crippen molar-refractivity contribution in [2.75, 3.05) is 6.61 Å². The van der Waals surface area contributed by atoms with E-state index in [9.17, 15) is 14.3 Å². The third kappa shape index (κ3) is 3.49. The largest absolute Gasteiger partial charge is 0.508 e. The molecule has 0 unspecified atom stereocenters. The first-order valence-corrected chi connectivity index (χ1v) is 8.69. The highest BCUT2D eigenvalue weighted by molar-refractivity contribution is 5.79. The highest BCUT2D eigenvalue weighted by Crippen LogP contribution is 2.44. The van der Waals surface area contributed by atoms with Gasteiger partial charge in [0.1, 0.15) is 18.2 Å². The van der Waals surface area contributed by atoms with Gasteiger partial charge in [-0.25, -0.2) is 9.18 Å². The van der Waals surface area contributed by atoms with Gasteiger partial charge in [-0.3, -0.25) is 0 Å². The minimum absolute atomic E-state index is 0.0126. The molecule has 4 rings (SSSR count). The van der Waals surface area contributed by atoms with E-state index in [4.69, 9.17) is 4.74 Å². The standard InChI is InChI=1S/C22H18FNO3/c23-15-9-14(10-16(25)11-15)12-24-22(26)27-13-21-19-7-3-1-5-17(19)18-6-2-4-8-20(18)21/h1-11,21,25H,12-13H2,(H,24,26). The summed E-state index contributed by atoms with van der Waals surface area (Å²) in [4.78, 5) is 12.1. The molecule has 2 N–H and O–H groups in total. The Morgan fingerprint density at radius 1 is 1.00 bits per heavy atom. The van der Waals surface area contributed by atoms with Gasteiger partial charge in [0.25, 0.3) is 0 Å². The molecule has 0 heterocycles. The van der Waals surface area contributed by atoms with Gasteiger partial charge in [0.15, 0.2) is 0 Å². The van der Waals surface area contributed by atoms with Crippen LogP contribution in [-0.2, 0) is 11.3 Å². The topological polar surface area (TPSA) is 58.6 Å². The summed E-state index contributed by atoms with van der Waals surface area (Å²) in [6, 6.07) is 19.9. The molecule has 0 spiro atoms. The molecule has 0 aliphatic heterocycles. The molecule has 0 fully saturated rings. The summed E-state index contributed by atoms with van der Waals surface area (Å²) in [7, 11) is 0. The highest BCUT2D eigenvalue weighted by Gasteiger charge is 2.28. The lowest BCUT2D eigenvalue weighted by molar-refractivity contribution is 0.142. The van der Waals surface area contributed by atoms with Gasteiger partial charge < -0.3 is 15.2 Å². The molecule has 0 radical (unpaired) electrons. The molecule has 27 heavy (non-hydrogen) atoms. The van der Waals surface area contributed by atoms with Gasteiger partial charge in [0, 0.05) is 18.5 Å². The SMILES string of the molecule is O=C(NCc1cc(O)cc(F)c1)OCC1c2ccccc2-c2ccccc21. The molecule has 0 bridgehead atoms. The molecule has 3 aromatic carbocycles. The molecule has 4 nitrogen and oxygen atoms in total. The summed E-state index contributed by atoms with van der Waals surface area (Å²) in [6.07, 6.45) is -0.583. The Labute approximate surface area is 156 Å². The van der Waals surface area contributed by atoms with E-state index < -0.39 is 11.9 Å². The molecular formula is C22H18FNO3. The number of aromatic hydroxyl groups is 1. The number of hydrogen-bond donors (Lipinski definition) is 2. The molecule has 1 amide bonds. The van der Waals surface area contributed by atoms with Crippen molar-refractivity contribution >= 4 is 6.09 Å². The van der Waals surface area contributed by atoms with Crippen LogP contribution in [0.5, 0.6) is 5.75 Å². The summed E-state index contributed by atoms with van der Waals surface area (Å²) >= 11 is 0. The van der Waals surface area contributed by atoms with Crippen LogP contribution in [0.15, 0.2) is 66.7 Å².